The van der Waals surface area contributed by atoms with E-state index in [1.807, 2.05) is 0 Å². The van der Waals surface area contributed by atoms with Gasteiger partial charge in [0.1, 0.15) is 5.82 Å². The van der Waals surface area contributed by atoms with Gasteiger partial charge in [0.15, 0.2) is 0 Å². The maximum atomic E-state index is 10.8. The minimum Gasteiger partial charge on any atom is -0.367 e. The largest absolute Gasteiger partial charge is 0.367 e. The summed E-state index contributed by atoms with van der Waals surface area (Å²) in [5.41, 5.74) is 0.728. The van der Waals surface area contributed by atoms with Gasteiger partial charge in [0.25, 0.3) is 0 Å². The van der Waals surface area contributed by atoms with Crippen molar-refractivity contribution in [3.8, 4) is 0 Å². The van der Waals surface area contributed by atoms with Crippen molar-refractivity contribution in [2.24, 2.45) is 0 Å². The fraction of sp³-hybridized carbons (Fsp3) is 0.214. The molecule has 0 aliphatic rings. The predicted molar refractivity (Wildman–Crippen MR) is 96.7 cm³/mol. The lowest BCUT2D eigenvalue weighted by Crippen LogP contribution is -2.26. The number of benzene rings is 1. The molecule has 1 heterocycles. The lowest BCUT2D eigenvalue weighted by Gasteiger charge is -2.10. The second-order valence-electron chi connectivity index (χ2n) is 4.55. The summed E-state index contributed by atoms with van der Waals surface area (Å²) in [6.45, 7) is 2.52. The molecule has 0 aliphatic carbocycles. The van der Waals surface area contributed by atoms with Gasteiger partial charge in [-0.2, -0.15) is 4.98 Å². The first-order chi connectivity index (χ1) is 11.0. The van der Waals surface area contributed by atoms with Crippen LogP contribution in [-0.2, 0) is 4.79 Å². The molecule has 1 aromatic heterocycles. The van der Waals surface area contributed by atoms with Crippen molar-refractivity contribution in [1.29, 1.82) is 0 Å². The zero-order chi connectivity index (χ0) is 16.8. The Morgan fingerprint density at radius 2 is 2.04 bits per heavy atom. The zero-order valence-electron chi connectivity index (χ0n) is 12.2. The van der Waals surface area contributed by atoms with Gasteiger partial charge in [0.05, 0.1) is 14.5 Å². The van der Waals surface area contributed by atoms with Crippen LogP contribution >= 0.6 is 39.1 Å². The Balaban J connectivity index is 2.04. The molecule has 23 heavy (non-hydrogen) atoms. The number of aromatic nitrogens is 2. The van der Waals surface area contributed by atoms with Gasteiger partial charge in [-0.3, -0.25) is 4.79 Å². The van der Waals surface area contributed by atoms with Crippen LogP contribution in [0.25, 0.3) is 0 Å². The average molecular weight is 419 g/mol. The third-order valence-corrected chi connectivity index (χ3v) is 4.03. The molecule has 0 saturated carbocycles. The summed E-state index contributed by atoms with van der Waals surface area (Å²) in [6, 6.07) is 5.17. The SMILES string of the molecule is CC(=O)NCCNc1nc(Nc2ccc(Cl)c(Cl)c2)ncc1Br. The van der Waals surface area contributed by atoms with Crippen LogP contribution < -0.4 is 16.0 Å². The molecule has 0 spiro atoms. The highest BCUT2D eigenvalue weighted by atomic mass is 79.9. The first kappa shape index (κ1) is 17.8. The topological polar surface area (TPSA) is 78.9 Å². The highest BCUT2D eigenvalue weighted by Crippen LogP contribution is 2.27. The number of hydrogen-bond acceptors (Lipinski definition) is 5. The second kappa shape index (κ2) is 8.33. The smallest absolute Gasteiger partial charge is 0.229 e. The quantitative estimate of drug-likeness (QED) is 0.621. The number of rotatable bonds is 6. The van der Waals surface area contributed by atoms with E-state index in [0.717, 1.165) is 10.2 Å². The number of carbonyl (C=O) groups is 1. The Morgan fingerprint density at radius 3 is 2.74 bits per heavy atom. The molecule has 0 bridgehead atoms. The molecule has 9 heteroatoms. The molecule has 0 saturated heterocycles. The monoisotopic (exact) mass is 417 g/mol. The standard InChI is InChI=1S/C14H14BrCl2N5O/c1-8(23)18-4-5-19-13-10(15)7-20-14(22-13)21-9-2-3-11(16)12(17)6-9/h2-3,6-7H,4-5H2,1H3,(H,18,23)(H2,19,20,21,22). The molecule has 122 valence electrons. The van der Waals surface area contributed by atoms with Crippen molar-refractivity contribution in [3.63, 3.8) is 0 Å². The summed E-state index contributed by atoms with van der Waals surface area (Å²) < 4.78 is 0.722. The molecular weight excluding hydrogens is 405 g/mol. The van der Waals surface area contributed by atoms with Crippen LogP contribution in [0.15, 0.2) is 28.9 Å². The maximum absolute atomic E-state index is 10.8. The minimum absolute atomic E-state index is 0.0736. The van der Waals surface area contributed by atoms with Crippen LogP contribution in [0.5, 0.6) is 0 Å². The minimum atomic E-state index is -0.0736. The molecule has 3 N–H and O–H groups in total. The molecule has 1 amide bonds. The van der Waals surface area contributed by atoms with Crippen LogP contribution in [0.2, 0.25) is 10.0 Å². The molecule has 0 radical (unpaired) electrons. The van der Waals surface area contributed by atoms with E-state index in [1.165, 1.54) is 6.92 Å². The van der Waals surface area contributed by atoms with E-state index in [2.05, 4.69) is 41.8 Å². The number of nitrogens with zero attached hydrogens (tertiary/aromatic N) is 2. The van der Waals surface area contributed by atoms with E-state index in [9.17, 15) is 4.79 Å². The molecule has 0 atom stereocenters. The Morgan fingerprint density at radius 1 is 1.26 bits per heavy atom. The van der Waals surface area contributed by atoms with E-state index in [4.69, 9.17) is 23.2 Å². The van der Waals surface area contributed by atoms with Gasteiger partial charge >= 0.3 is 0 Å². The van der Waals surface area contributed by atoms with Crippen molar-refractivity contribution in [3.05, 3.63) is 38.9 Å². The average Bonchev–Trinajstić information content (AvgIpc) is 2.50. The maximum Gasteiger partial charge on any atom is 0.229 e. The van der Waals surface area contributed by atoms with Gasteiger partial charge in [0, 0.05) is 31.9 Å². The fourth-order valence-corrected chi connectivity index (χ4v) is 2.30. The van der Waals surface area contributed by atoms with Crippen molar-refractivity contribution in [2.75, 3.05) is 23.7 Å². The van der Waals surface area contributed by atoms with Crippen LogP contribution in [0, 0.1) is 0 Å². The van der Waals surface area contributed by atoms with E-state index in [1.54, 1.807) is 24.4 Å². The van der Waals surface area contributed by atoms with Crippen LogP contribution in [0.3, 0.4) is 0 Å². The molecule has 1 aromatic carbocycles. The van der Waals surface area contributed by atoms with Gasteiger partial charge in [-0.1, -0.05) is 23.2 Å². The van der Waals surface area contributed by atoms with Crippen molar-refractivity contribution < 1.29 is 4.79 Å². The van der Waals surface area contributed by atoms with E-state index < -0.39 is 0 Å². The lowest BCUT2D eigenvalue weighted by atomic mass is 10.3. The van der Waals surface area contributed by atoms with Crippen LogP contribution in [-0.4, -0.2) is 29.0 Å². The summed E-state index contributed by atoms with van der Waals surface area (Å²) in [7, 11) is 0. The number of anilines is 3. The summed E-state index contributed by atoms with van der Waals surface area (Å²) in [4.78, 5) is 19.4. The third kappa shape index (κ3) is 5.53. The van der Waals surface area contributed by atoms with Gasteiger partial charge in [-0.05, 0) is 34.1 Å². The predicted octanol–water partition coefficient (Wildman–Crippen LogP) is 3.84. The highest BCUT2D eigenvalue weighted by Gasteiger charge is 2.06. The first-order valence-electron chi connectivity index (χ1n) is 6.68. The molecule has 0 unspecified atom stereocenters. The van der Waals surface area contributed by atoms with E-state index in [-0.39, 0.29) is 5.91 Å². The third-order valence-electron chi connectivity index (χ3n) is 2.71. The van der Waals surface area contributed by atoms with Gasteiger partial charge < -0.3 is 16.0 Å². The first-order valence-corrected chi connectivity index (χ1v) is 8.23. The Hall–Kier alpha value is -1.57. The second-order valence-corrected chi connectivity index (χ2v) is 6.22. The van der Waals surface area contributed by atoms with Crippen molar-refractivity contribution in [2.45, 2.75) is 6.92 Å². The van der Waals surface area contributed by atoms with E-state index in [0.29, 0.717) is 34.9 Å². The summed E-state index contributed by atoms with van der Waals surface area (Å²) >= 11 is 15.2. The molecule has 0 fully saturated rings. The normalized spacial score (nSPS) is 10.3. The summed E-state index contributed by atoms with van der Waals surface area (Å²) in [5.74, 6) is 0.956. The Kier molecular flexibility index (Phi) is 6.44. The Labute approximate surface area is 152 Å². The van der Waals surface area contributed by atoms with Gasteiger partial charge in [0.2, 0.25) is 11.9 Å². The van der Waals surface area contributed by atoms with Gasteiger partial charge in [-0.15, -0.1) is 0 Å². The molecule has 2 rings (SSSR count). The fourth-order valence-electron chi connectivity index (χ4n) is 1.67. The zero-order valence-corrected chi connectivity index (χ0v) is 15.3. The molecule has 2 aromatic rings. The number of amides is 1. The Bertz CT molecular complexity index is 714. The molecular formula is C14H14BrCl2N5O. The number of hydrogen-bond donors (Lipinski definition) is 3. The number of carbonyl (C=O) groups excluding carboxylic acids is 1. The van der Waals surface area contributed by atoms with Crippen molar-refractivity contribution >= 4 is 62.5 Å². The summed E-state index contributed by atoms with van der Waals surface area (Å²) in [5, 5.41) is 9.79. The number of halogens is 3. The van der Waals surface area contributed by atoms with Crippen LogP contribution in [0.4, 0.5) is 17.5 Å². The lowest BCUT2D eigenvalue weighted by molar-refractivity contribution is -0.118. The number of nitrogens with one attached hydrogen (secondary N) is 3. The summed E-state index contributed by atoms with van der Waals surface area (Å²) in [6.07, 6.45) is 1.63. The van der Waals surface area contributed by atoms with Crippen molar-refractivity contribution in [1.82, 2.24) is 15.3 Å². The van der Waals surface area contributed by atoms with E-state index >= 15 is 0 Å². The molecule has 0 aliphatic heterocycles. The molecule has 6 nitrogen and oxygen atoms in total. The highest BCUT2D eigenvalue weighted by molar-refractivity contribution is 9.10. The van der Waals surface area contributed by atoms with Crippen LogP contribution in [0.1, 0.15) is 6.92 Å². The van der Waals surface area contributed by atoms with Gasteiger partial charge in [-0.25, -0.2) is 4.98 Å².